The summed E-state index contributed by atoms with van der Waals surface area (Å²) in [6.07, 6.45) is 1.60. The van der Waals surface area contributed by atoms with Crippen molar-refractivity contribution in [3.05, 3.63) is 12.3 Å². The van der Waals surface area contributed by atoms with E-state index >= 15 is 0 Å². The van der Waals surface area contributed by atoms with E-state index in [1.54, 1.807) is 20.8 Å². The van der Waals surface area contributed by atoms with Crippen molar-refractivity contribution in [2.45, 2.75) is 53.4 Å². The van der Waals surface area contributed by atoms with E-state index in [4.69, 9.17) is 5.73 Å². The summed E-state index contributed by atoms with van der Waals surface area (Å²) in [6.45, 7) is 12.0. The molecule has 0 unspecified atom stereocenters. The first-order chi connectivity index (χ1) is 16.1. The highest BCUT2D eigenvalue weighted by atomic mass is 16.2. The van der Waals surface area contributed by atoms with Crippen molar-refractivity contribution in [3.8, 4) is 0 Å². The first-order valence-corrected chi connectivity index (χ1v) is 11.9. The normalized spacial score (nSPS) is 10.2. The van der Waals surface area contributed by atoms with E-state index in [0.29, 0.717) is 25.1 Å². The van der Waals surface area contributed by atoms with Crippen LogP contribution in [0.2, 0.25) is 0 Å². The van der Waals surface area contributed by atoms with Crippen molar-refractivity contribution in [2.75, 3.05) is 52.4 Å². The average molecular weight is 483 g/mol. The summed E-state index contributed by atoms with van der Waals surface area (Å²) in [6, 6.07) is 0. The van der Waals surface area contributed by atoms with Gasteiger partial charge in [-0.1, -0.05) is 34.3 Å². The molecule has 0 spiro atoms. The summed E-state index contributed by atoms with van der Waals surface area (Å²) in [5, 5.41) is 5.41. The molecule has 0 aromatic rings. The third-order valence-electron chi connectivity index (χ3n) is 4.93. The molecule has 34 heavy (non-hydrogen) atoms. The zero-order valence-electron chi connectivity index (χ0n) is 21.2. The van der Waals surface area contributed by atoms with Gasteiger partial charge in [0.1, 0.15) is 0 Å². The van der Waals surface area contributed by atoms with Gasteiger partial charge in [-0.25, -0.2) is 0 Å². The second kappa shape index (κ2) is 17.4. The Balaban J connectivity index is 4.67. The van der Waals surface area contributed by atoms with Crippen molar-refractivity contribution in [1.29, 1.82) is 0 Å². The molecular formula is C23H42N6O5. The Morgan fingerprint density at radius 1 is 0.647 bits per heavy atom. The van der Waals surface area contributed by atoms with Gasteiger partial charge in [-0.2, -0.15) is 0 Å². The first-order valence-electron chi connectivity index (χ1n) is 11.9. The van der Waals surface area contributed by atoms with E-state index < -0.39 is 0 Å². The molecule has 0 radical (unpaired) electrons. The summed E-state index contributed by atoms with van der Waals surface area (Å²) >= 11 is 0. The molecule has 5 amide bonds. The fourth-order valence-corrected chi connectivity index (χ4v) is 3.18. The Kier molecular flexibility index (Phi) is 15.8. The highest BCUT2D eigenvalue weighted by Gasteiger charge is 2.18. The zero-order chi connectivity index (χ0) is 26.1. The molecule has 0 saturated heterocycles. The molecule has 0 saturated carbocycles. The van der Waals surface area contributed by atoms with Crippen LogP contribution in [0.4, 0.5) is 0 Å². The van der Waals surface area contributed by atoms with Crippen LogP contribution in [-0.2, 0) is 24.0 Å². The second-order valence-corrected chi connectivity index (χ2v) is 7.86. The van der Waals surface area contributed by atoms with Crippen LogP contribution in [0, 0.1) is 0 Å². The topological polar surface area (TPSA) is 145 Å². The number of hydrogen-bond donors (Lipinski definition) is 3. The van der Waals surface area contributed by atoms with Crippen LogP contribution in [-0.4, -0.2) is 96.6 Å². The minimum Gasteiger partial charge on any atom is -0.401 e. The Morgan fingerprint density at radius 2 is 1.00 bits per heavy atom. The molecule has 0 rings (SSSR count). The Morgan fingerprint density at radius 3 is 1.32 bits per heavy atom. The van der Waals surface area contributed by atoms with Gasteiger partial charge in [0.25, 0.3) is 0 Å². The van der Waals surface area contributed by atoms with Gasteiger partial charge in [-0.05, 0) is 6.42 Å². The number of nitrogens with one attached hydrogen (secondary N) is 2. The summed E-state index contributed by atoms with van der Waals surface area (Å²) in [7, 11) is 0. The van der Waals surface area contributed by atoms with E-state index in [1.165, 1.54) is 14.7 Å². The maximum atomic E-state index is 12.4. The number of nitrogens with two attached hydrogens (primary N) is 1. The maximum Gasteiger partial charge on any atom is 0.239 e. The molecule has 0 atom stereocenters. The molecular weight excluding hydrogens is 440 g/mol. The zero-order valence-corrected chi connectivity index (χ0v) is 21.2. The number of nitrogens with zero attached hydrogens (tertiary/aromatic N) is 3. The molecule has 0 aliphatic rings. The number of carbonyl (C=O) groups is 5. The molecule has 0 bridgehead atoms. The summed E-state index contributed by atoms with van der Waals surface area (Å²) in [5.41, 5.74) is 5.95. The third kappa shape index (κ3) is 12.8. The van der Waals surface area contributed by atoms with E-state index in [-0.39, 0.29) is 81.8 Å². The second-order valence-electron chi connectivity index (χ2n) is 7.86. The summed E-state index contributed by atoms with van der Waals surface area (Å²) in [4.78, 5) is 65.1. The van der Waals surface area contributed by atoms with E-state index in [0.717, 1.165) is 6.42 Å². The average Bonchev–Trinajstić information content (AvgIpc) is 2.80. The first kappa shape index (κ1) is 30.9. The van der Waals surface area contributed by atoms with Gasteiger partial charge in [0, 0.05) is 57.7 Å². The van der Waals surface area contributed by atoms with Crippen LogP contribution in [0.3, 0.4) is 0 Å². The van der Waals surface area contributed by atoms with Gasteiger partial charge in [0.05, 0.1) is 19.6 Å². The number of carbonyl (C=O) groups excluding carboxylic acids is 5. The van der Waals surface area contributed by atoms with Crippen molar-refractivity contribution in [1.82, 2.24) is 25.3 Å². The number of amides is 5. The molecule has 0 fully saturated rings. The van der Waals surface area contributed by atoms with E-state index in [2.05, 4.69) is 17.2 Å². The molecule has 0 aromatic heterocycles. The van der Waals surface area contributed by atoms with Crippen molar-refractivity contribution in [3.63, 3.8) is 0 Å². The molecule has 11 nitrogen and oxygen atoms in total. The molecule has 0 aromatic carbocycles. The van der Waals surface area contributed by atoms with Crippen LogP contribution in [0.1, 0.15) is 53.4 Å². The van der Waals surface area contributed by atoms with Crippen LogP contribution in [0.25, 0.3) is 0 Å². The predicted octanol–water partition coefficient (Wildman–Crippen LogP) is -0.183. The molecule has 0 aliphatic carbocycles. The van der Waals surface area contributed by atoms with Crippen molar-refractivity contribution >= 4 is 29.5 Å². The summed E-state index contributed by atoms with van der Waals surface area (Å²) < 4.78 is 0. The van der Waals surface area contributed by atoms with Gasteiger partial charge in [-0.3, -0.25) is 24.0 Å². The van der Waals surface area contributed by atoms with Crippen LogP contribution in [0.5, 0.6) is 0 Å². The van der Waals surface area contributed by atoms with Gasteiger partial charge >= 0.3 is 0 Å². The van der Waals surface area contributed by atoms with Crippen LogP contribution >= 0.6 is 0 Å². The van der Waals surface area contributed by atoms with Crippen molar-refractivity contribution in [2.24, 2.45) is 5.73 Å². The highest BCUT2D eigenvalue weighted by molar-refractivity contribution is 5.85. The fraction of sp³-hybridized carbons (Fsp3) is 0.696. The molecule has 0 heterocycles. The lowest BCUT2D eigenvalue weighted by atomic mass is 10.3. The lowest BCUT2D eigenvalue weighted by Crippen LogP contribution is -2.47. The Hall–Kier alpha value is -3.11. The molecule has 0 aliphatic heterocycles. The van der Waals surface area contributed by atoms with Gasteiger partial charge in [-0.15, -0.1) is 0 Å². The smallest absolute Gasteiger partial charge is 0.239 e. The number of hydrogen-bond acceptors (Lipinski definition) is 6. The predicted molar refractivity (Wildman–Crippen MR) is 130 cm³/mol. The maximum absolute atomic E-state index is 12.4. The molecule has 11 heteroatoms. The minimum absolute atomic E-state index is 0.0368. The largest absolute Gasteiger partial charge is 0.401 e. The Labute approximate surface area is 203 Å². The SMILES string of the molecule is C=C(N)CN(CCNC(=O)CN(CCNC(=O)CN(CCC)C(=O)CC)C(=O)CC)C(=O)CC. The lowest BCUT2D eigenvalue weighted by Gasteiger charge is -2.24. The summed E-state index contributed by atoms with van der Waals surface area (Å²) in [5.74, 6) is -1.10. The number of rotatable bonds is 17. The van der Waals surface area contributed by atoms with Crippen LogP contribution in [0.15, 0.2) is 12.3 Å². The van der Waals surface area contributed by atoms with Crippen molar-refractivity contribution < 1.29 is 24.0 Å². The lowest BCUT2D eigenvalue weighted by molar-refractivity contribution is -0.136. The molecule has 4 N–H and O–H groups in total. The minimum atomic E-state index is -0.369. The van der Waals surface area contributed by atoms with Gasteiger partial charge in [0.2, 0.25) is 29.5 Å². The van der Waals surface area contributed by atoms with Gasteiger partial charge < -0.3 is 31.1 Å². The Bertz CT molecular complexity index is 712. The highest BCUT2D eigenvalue weighted by Crippen LogP contribution is 1.98. The van der Waals surface area contributed by atoms with Gasteiger partial charge in [0.15, 0.2) is 0 Å². The third-order valence-corrected chi connectivity index (χ3v) is 4.93. The standard InChI is InChI=1S/C23H42N6O5/c1-6-12-27(21(32)7-2)16-19(30)26-11-14-29(23(34)9-4)17-20(31)25-10-13-28(15-18(5)24)22(33)8-3/h5-17,24H2,1-4H3,(H,25,31)(H,26,30). The monoisotopic (exact) mass is 482 g/mol. The fourth-order valence-electron chi connectivity index (χ4n) is 3.18. The molecule has 194 valence electrons. The van der Waals surface area contributed by atoms with E-state index in [1.807, 2.05) is 6.92 Å². The van der Waals surface area contributed by atoms with Crippen LogP contribution < -0.4 is 16.4 Å². The van der Waals surface area contributed by atoms with E-state index in [9.17, 15) is 24.0 Å². The quantitative estimate of drug-likeness (QED) is 0.262.